The van der Waals surface area contributed by atoms with Gasteiger partial charge < -0.3 is 14.9 Å². The van der Waals surface area contributed by atoms with Crippen molar-refractivity contribution in [2.45, 2.75) is 18.9 Å². The van der Waals surface area contributed by atoms with Crippen LogP contribution >= 0.6 is 0 Å². The zero-order valence-electron chi connectivity index (χ0n) is 11.5. The van der Waals surface area contributed by atoms with E-state index >= 15 is 0 Å². The van der Waals surface area contributed by atoms with Gasteiger partial charge in [0.25, 0.3) is 5.91 Å². The van der Waals surface area contributed by atoms with Crippen LogP contribution in [-0.2, 0) is 4.79 Å². The van der Waals surface area contributed by atoms with Crippen molar-refractivity contribution < 1.29 is 9.90 Å². The smallest absolute Gasteiger partial charge is 0.260 e. The summed E-state index contributed by atoms with van der Waals surface area (Å²) in [6, 6.07) is 5.74. The van der Waals surface area contributed by atoms with Crippen LogP contribution in [0, 0.1) is 0 Å². The summed E-state index contributed by atoms with van der Waals surface area (Å²) in [5.74, 6) is -0.263. The van der Waals surface area contributed by atoms with Gasteiger partial charge in [-0.3, -0.25) is 4.79 Å². The minimum Gasteiger partial charge on any atom is -0.378 e. The maximum absolute atomic E-state index is 11.7. The average molecular weight is 260 g/mol. The number of hydrogen-bond donors (Lipinski definition) is 1. The summed E-state index contributed by atoms with van der Waals surface area (Å²) in [6.07, 6.45) is 2.94. The summed E-state index contributed by atoms with van der Waals surface area (Å²) < 4.78 is 0. The van der Waals surface area contributed by atoms with E-state index in [-0.39, 0.29) is 5.91 Å². The standard InChI is InChI=1S/C15H20N2O2/c1-4-5-6-9-16(2)11-7-8-12-13(10-11)17(3)15(19)14(12)18/h4,7-8,10,14,18H,1,5-6,9H2,2-3H3. The number of rotatable bonds is 5. The molecule has 102 valence electrons. The van der Waals surface area contributed by atoms with Gasteiger partial charge in [-0.15, -0.1) is 6.58 Å². The third-order valence-electron chi connectivity index (χ3n) is 3.58. The van der Waals surface area contributed by atoms with Crippen molar-refractivity contribution in [3.8, 4) is 0 Å². The number of carbonyl (C=O) groups is 1. The van der Waals surface area contributed by atoms with Crippen LogP contribution in [0.25, 0.3) is 0 Å². The van der Waals surface area contributed by atoms with E-state index in [1.54, 1.807) is 7.05 Å². The lowest BCUT2D eigenvalue weighted by Crippen LogP contribution is -2.24. The molecule has 1 aromatic carbocycles. The van der Waals surface area contributed by atoms with Crippen molar-refractivity contribution in [3.05, 3.63) is 36.4 Å². The van der Waals surface area contributed by atoms with E-state index in [2.05, 4.69) is 11.5 Å². The highest BCUT2D eigenvalue weighted by Gasteiger charge is 2.33. The van der Waals surface area contributed by atoms with E-state index in [0.29, 0.717) is 5.56 Å². The molecular weight excluding hydrogens is 240 g/mol. The zero-order chi connectivity index (χ0) is 14.0. The Morgan fingerprint density at radius 3 is 2.95 bits per heavy atom. The molecule has 1 heterocycles. The predicted molar refractivity (Wildman–Crippen MR) is 77.5 cm³/mol. The van der Waals surface area contributed by atoms with Gasteiger partial charge in [-0.25, -0.2) is 0 Å². The molecule has 2 rings (SSSR count). The Labute approximate surface area is 113 Å². The van der Waals surface area contributed by atoms with Crippen molar-refractivity contribution in [3.63, 3.8) is 0 Å². The van der Waals surface area contributed by atoms with Crippen molar-refractivity contribution in [1.29, 1.82) is 0 Å². The number of unbranched alkanes of at least 4 members (excludes halogenated alkanes) is 1. The average Bonchev–Trinajstić information content (AvgIpc) is 2.64. The second kappa shape index (κ2) is 5.45. The molecule has 0 bridgehead atoms. The van der Waals surface area contributed by atoms with Crippen LogP contribution in [0.3, 0.4) is 0 Å². The number of amides is 1. The first-order valence-corrected chi connectivity index (χ1v) is 6.48. The van der Waals surface area contributed by atoms with Crippen molar-refractivity contribution >= 4 is 17.3 Å². The maximum atomic E-state index is 11.7. The first-order chi connectivity index (χ1) is 9.06. The van der Waals surface area contributed by atoms with E-state index in [1.165, 1.54) is 4.90 Å². The Hall–Kier alpha value is -1.81. The van der Waals surface area contributed by atoms with E-state index in [0.717, 1.165) is 30.8 Å². The number of aliphatic hydroxyl groups is 1. The van der Waals surface area contributed by atoms with Crippen LogP contribution in [-0.4, -0.2) is 31.7 Å². The molecule has 4 heteroatoms. The second-order valence-electron chi connectivity index (χ2n) is 4.90. The Balaban J connectivity index is 2.18. The fraction of sp³-hybridized carbons (Fsp3) is 0.400. The van der Waals surface area contributed by atoms with E-state index < -0.39 is 6.10 Å². The third-order valence-corrected chi connectivity index (χ3v) is 3.58. The van der Waals surface area contributed by atoms with Gasteiger partial charge in [-0.2, -0.15) is 0 Å². The molecule has 4 nitrogen and oxygen atoms in total. The molecule has 19 heavy (non-hydrogen) atoms. The first kappa shape index (κ1) is 13.6. The number of likely N-dealkylation sites (N-methyl/N-ethyl adjacent to an activating group) is 1. The van der Waals surface area contributed by atoms with Gasteiger partial charge in [-0.1, -0.05) is 12.1 Å². The van der Waals surface area contributed by atoms with Crippen molar-refractivity contribution in [2.75, 3.05) is 30.4 Å². The van der Waals surface area contributed by atoms with Gasteiger partial charge >= 0.3 is 0 Å². The van der Waals surface area contributed by atoms with Crippen molar-refractivity contribution in [1.82, 2.24) is 0 Å². The topological polar surface area (TPSA) is 43.8 Å². The molecular formula is C15H20N2O2. The van der Waals surface area contributed by atoms with Crippen molar-refractivity contribution in [2.24, 2.45) is 0 Å². The van der Waals surface area contributed by atoms with Gasteiger partial charge in [0.15, 0.2) is 6.10 Å². The lowest BCUT2D eigenvalue weighted by Gasteiger charge is -2.20. The van der Waals surface area contributed by atoms with Crippen LogP contribution in [0.1, 0.15) is 24.5 Å². The normalized spacial score (nSPS) is 17.5. The molecule has 1 amide bonds. The maximum Gasteiger partial charge on any atom is 0.260 e. The third kappa shape index (κ3) is 2.49. The number of aliphatic hydroxyl groups excluding tert-OH is 1. The van der Waals surface area contributed by atoms with Crippen LogP contribution < -0.4 is 9.80 Å². The Bertz CT molecular complexity index is 499. The molecule has 1 N–H and O–H groups in total. The largest absolute Gasteiger partial charge is 0.378 e. The number of anilines is 2. The number of nitrogens with zero attached hydrogens (tertiary/aromatic N) is 2. The summed E-state index contributed by atoms with van der Waals surface area (Å²) in [5, 5.41) is 9.81. The summed E-state index contributed by atoms with van der Waals surface area (Å²) in [7, 11) is 3.72. The SMILES string of the molecule is C=CCCCN(C)c1ccc2c(c1)N(C)C(=O)C2O. The molecule has 1 aromatic rings. The minimum absolute atomic E-state index is 0.263. The lowest BCUT2D eigenvalue weighted by atomic mass is 10.1. The molecule has 0 fully saturated rings. The quantitative estimate of drug-likeness (QED) is 0.651. The highest BCUT2D eigenvalue weighted by atomic mass is 16.3. The number of allylic oxidation sites excluding steroid dienone is 1. The lowest BCUT2D eigenvalue weighted by molar-refractivity contribution is -0.125. The molecule has 0 spiro atoms. The highest BCUT2D eigenvalue weighted by Crippen LogP contribution is 2.37. The Kier molecular flexibility index (Phi) is 3.90. The predicted octanol–water partition coefficient (Wildman–Crippen LogP) is 2.10. The van der Waals surface area contributed by atoms with Crippen LogP contribution in [0.4, 0.5) is 11.4 Å². The molecule has 1 aliphatic rings. The zero-order valence-corrected chi connectivity index (χ0v) is 11.5. The van der Waals surface area contributed by atoms with Gasteiger partial charge in [0.2, 0.25) is 0 Å². The molecule has 0 saturated heterocycles. The summed E-state index contributed by atoms with van der Waals surface area (Å²) >= 11 is 0. The number of fused-ring (bicyclic) bond motifs is 1. The molecule has 0 radical (unpaired) electrons. The van der Waals surface area contributed by atoms with Gasteiger partial charge in [0.05, 0.1) is 5.69 Å². The summed E-state index contributed by atoms with van der Waals surface area (Å²) in [4.78, 5) is 15.4. The molecule has 1 aliphatic heterocycles. The monoisotopic (exact) mass is 260 g/mol. The van der Waals surface area contributed by atoms with Crippen LogP contribution in [0.2, 0.25) is 0 Å². The summed E-state index contributed by atoms with van der Waals surface area (Å²) in [5.41, 5.74) is 2.54. The number of hydrogen-bond acceptors (Lipinski definition) is 3. The van der Waals surface area contributed by atoms with E-state index in [1.807, 2.05) is 31.3 Å². The fourth-order valence-electron chi connectivity index (χ4n) is 2.33. The number of carbonyl (C=O) groups excluding carboxylic acids is 1. The van der Waals surface area contributed by atoms with Gasteiger partial charge in [-0.05, 0) is 25.0 Å². The fourth-order valence-corrected chi connectivity index (χ4v) is 2.33. The molecule has 1 atom stereocenters. The summed E-state index contributed by atoms with van der Waals surface area (Å²) in [6.45, 7) is 4.65. The van der Waals surface area contributed by atoms with Crippen LogP contribution in [0.5, 0.6) is 0 Å². The number of benzene rings is 1. The molecule has 0 aliphatic carbocycles. The van der Waals surface area contributed by atoms with E-state index in [9.17, 15) is 9.90 Å². The highest BCUT2D eigenvalue weighted by molar-refractivity contribution is 6.03. The molecule has 0 saturated carbocycles. The second-order valence-corrected chi connectivity index (χ2v) is 4.90. The minimum atomic E-state index is -1.01. The first-order valence-electron chi connectivity index (χ1n) is 6.48. The Morgan fingerprint density at radius 1 is 1.53 bits per heavy atom. The van der Waals surface area contributed by atoms with E-state index in [4.69, 9.17) is 0 Å². The Morgan fingerprint density at radius 2 is 2.26 bits per heavy atom. The molecule has 1 unspecified atom stereocenters. The van der Waals surface area contributed by atoms with Crippen LogP contribution in [0.15, 0.2) is 30.9 Å². The van der Waals surface area contributed by atoms with Gasteiger partial charge in [0.1, 0.15) is 0 Å². The molecule has 0 aromatic heterocycles. The van der Waals surface area contributed by atoms with Gasteiger partial charge in [0, 0.05) is 31.9 Å².